The lowest BCUT2D eigenvalue weighted by Gasteiger charge is -2.37. The molecule has 3 atom stereocenters. The summed E-state index contributed by atoms with van der Waals surface area (Å²) in [7, 11) is 1.62. The topological polar surface area (TPSA) is 44.8 Å². The molecular formula is C23H24O4. The van der Waals surface area contributed by atoms with Gasteiger partial charge in [0.05, 0.1) is 37.6 Å². The van der Waals surface area contributed by atoms with Gasteiger partial charge in [-0.2, -0.15) is 0 Å². The Morgan fingerprint density at radius 2 is 1.81 bits per heavy atom. The van der Waals surface area contributed by atoms with Crippen LogP contribution in [0.15, 0.2) is 60.9 Å². The van der Waals surface area contributed by atoms with E-state index in [2.05, 4.69) is 12.1 Å². The van der Waals surface area contributed by atoms with E-state index >= 15 is 0 Å². The minimum atomic E-state index is -0.106. The van der Waals surface area contributed by atoms with Crippen LogP contribution >= 0.6 is 0 Å². The summed E-state index contributed by atoms with van der Waals surface area (Å²) >= 11 is 0. The average molecular weight is 364 g/mol. The Kier molecular flexibility index (Phi) is 5.26. The van der Waals surface area contributed by atoms with E-state index < -0.39 is 0 Å². The van der Waals surface area contributed by atoms with Gasteiger partial charge < -0.3 is 14.2 Å². The molecule has 140 valence electrons. The van der Waals surface area contributed by atoms with Crippen LogP contribution in [0.1, 0.15) is 30.4 Å². The Balaban J connectivity index is 1.43. The maximum Gasteiger partial charge on any atom is 0.173 e. The fourth-order valence-corrected chi connectivity index (χ4v) is 3.96. The smallest absolute Gasteiger partial charge is 0.173 e. The van der Waals surface area contributed by atoms with Crippen molar-refractivity contribution in [3.8, 4) is 5.75 Å². The summed E-state index contributed by atoms with van der Waals surface area (Å²) in [4.78, 5) is 13.1. The highest BCUT2D eigenvalue weighted by molar-refractivity contribution is 6.22. The van der Waals surface area contributed by atoms with Crippen LogP contribution in [0.5, 0.6) is 5.75 Å². The lowest BCUT2D eigenvalue weighted by atomic mass is 9.77. The molecule has 1 saturated carbocycles. The number of methoxy groups -OCH3 is 1. The molecule has 2 aliphatic rings. The Bertz CT molecular complexity index is 827. The lowest BCUT2D eigenvalue weighted by molar-refractivity contribution is -0.128. The number of ketones is 1. The van der Waals surface area contributed by atoms with Gasteiger partial charge in [0.2, 0.25) is 0 Å². The van der Waals surface area contributed by atoms with Gasteiger partial charge in [-0.1, -0.05) is 48.5 Å². The maximum atomic E-state index is 13.1. The fraction of sp³-hybridized carbons (Fsp3) is 0.348. The number of rotatable bonds is 5. The highest BCUT2D eigenvalue weighted by atomic mass is 16.5. The molecule has 0 radical (unpaired) electrons. The first-order chi connectivity index (χ1) is 13.3. The Morgan fingerprint density at radius 3 is 2.63 bits per heavy atom. The molecule has 1 aliphatic heterocycles. The lowest BCUT2D eigenvalue weighted by Crippen LogP contribution is -2.41. The van der Waals surface area contributed by atoms with Crippen molar-refractivity contribution in [3.05, 3.63) is 72.0 Å². The molecule has 1 aliphatic carbocycles. The number of hydrogen-bond acceptors (Lipinski definition) is 4. The van der Waals surface area contributed by atoms with Gasteiger partial charge in [-0.15, -0.1) is 0 Å². The minimum absolute atomic E-state index is 0.105. The second kappa shape index (κ2) is 7.97. The van der Waals surface area contributed by atoms with Crippen LogP contribution in [0.4, 0.5) is 0 Å². The number of carbonyl (C=O) groups is 1. The van der Waals surface area contributed by atoms with Gasteiger partial charge in [-0.25, -0.2) is 0 Å². The van der Waals surface area contributed by atoms with E-state index in [1.807, 2.05) is 42.5 Å². The molecule has 0 aromatic heterocycles. The predicted molar refractivity (Wildman–Crippen MR) is 103 cm³/mol. The standard InChI is InChI=1S/C23H24O4/c1-25-21-10-6-5-9-18(21)20-15-27-22-13-17(11-12-19(22)23(20)24)26-14-16-7-3-2-4-8-16/h2-10,15,17,19,22H,11-14H2,1H3. The van der Waals surface area contributed by atoms with E-state index in [4.69, 9.17) is 14.2 Å². The molecule has 27 heavy (non-hydrogen) atoms. The van der Waals surface area contributed by atoms with E-state index in [1.165, 1.54) is 5.56 Å². The van der Waals surface area contributed by atoms with Crippen LogP contribution in [0.2, 0.25) is 0 Å². The van der Waals surface area contributed by atoms with E-state index in [1.54, 1.807) is 13.4 Å². The molecule has 0 saturated heterocycles. The summed E-state index contributed by atoms with van der Waals surface area (Å²) in [6, 6.07) is 17.7. The van der Waals surface area contributed by atoms with Crippen molar-refractivity contribution in [1.82, 2.24) is 0 Å². The third kappa shape index (κ3) is 3.76. The maximum absolute atomic E-state index is 13.1. The molecule has 0 N–H and O–H groups in total. The normalized spacial score (nSPS) is 24.6. The molecular weight excluding hydrogens is 340 g/mol. The van der Waals surface area contributed by atoms with Gasteiger partial charge in [0, 0.05) is 12.0 Å². The first kappa shape index (κ1) is 17.8. The van der Waals surface area contributed by atoms with E-state index in [9.17, 15) is 4.79 Å². The summed E-state index contributed by atoms with van der Waals surface area (Å²) in [5.74, 6) is 0.739. The summed E-state index contributed by atoms with van der Waals surface area (Å²) < 4.78 is 17.5. The van der Waals surface area contributed by atoms with Gasteiger partial charge in [-0.3, -0.25) is 4.79 Å². The largest absolute Gasteiger partial charge is 0.496 e. The molecule has 2 aromatic rings. The third-order valence-corrected chi connectivity index (χ3v) is 5.43. The number of Topliss-reactive ketones (excluding diaryl/α,β-unsaturated/α-hetero) is 1. The Morgan fingerprint density at radius 1 is 1.04 bits per heavy atom. The van der Waals surface area contributed by atoms with Crippen molar-refractivity contribution in [2.24, 2.45) is 5.92 Å². The van der Waals surface area contributed by atoms with Crippen molar-refractivity contribution in [3.63, 3.8) is 0 Å². The summed E-state index contributed by atoms with van der Waals surface area (Å²) in [5.41, 5.74) is 2.57. The predicted octanol–water partition coefficient (Wildman–Crippen LogP) is 4.39. The molecule has 1 fully saturated rings. The number of carbonyl (C=O) groups excluding carboxylic acids is 1. The second-order valence-electron chi connectivity index (χ2n) is 7.11. The number of hydrogen-bond donors (Lipinski definition) is 0. The fourth-order valence-electron chi connectivity index (χ4n) is 3.96. The van der Waals surface area contributed by atoms with Crippen LogP contribution in [0.25, 0.3) is 5.57 Å². The number of allylic oxidation sites excluding steroid dienone is 1. The number of ether oxygens (including phenoxy) is 3. The first-order valence-electron chi connectivity index (χ1n) is 9.45. The van der Waals surface area contributed by atoms with E-state index in [-0.39, 0.29) is 23.9 Å². The molecule has 3 unspecified atom stereocenters. The van der Waals surface area contributed by atoms with Crippen LogP contribution in [0, 0.1) is 5.92 Å². The molecule has 0 spiro atoms. The summed E-state index contributed by atoms with van der Waals surface area (Å²) in [6.45, 7) is 0.596. The van der Waals surface area contributed by atoms with Crippen LogP contribution < -0.4 is 4.74 Å². The minimum Gasteiger partial charge on any atom is -0.496 e. The van der Waals surface area contributed by atoms with Gasteiger partial charge in [0.25, 0.3) is 0 Å². The van der Waals surface area contributed by atoms with Gasteiger partial charge in [0.1, 0.15) is 11.9 Å². The molecule has 0 bridgehead atoms. The van der Waals surface area contributed by atoms with Gasteiger partial charge in [0.15, 0.2) is 5.78 Å². The highest BCUT2D eigenvalue weighted by Gasteiger charge is 2.41. The van der Waals surface area contributed by atoms with E-state index in [0.29, 0.717) is 17.9 Å². The van der Waals surface area contributed by atoms with Crippen LogP contribution in [-0.4, -0.2) is 25.1 Å². The first-order valence-corrected chi connectivity index (χ1v) is 9.45. The molecule has 0 amide bonds. The van der Waals surface area contributed by atoms with Crippen LogP contribution in [-0.2, 0) is 20.9 Å². The molecule has 4 heteroatoms. The van der Waals surface area contributed by atoms with Crippen molar-refractivity contribution in [1.29, 1.82) is 0 Å². The highest BCUT2D eigenvalue weighted by Crippen LogP contribution is 2.39. The molecule has 1 heterocycles. The van der Waals surface area contributed by atoms with Gasteiger partial charge >= 0.3 is 0 Å². The second-order valence-corrected chi connectivity index (χ2v) is 7.11. The average Bonchev–Trinajstić information content (AvgIpc) is 2.73. The Labute approximate surface area is 159 Å². The van der Waals surface area contributed by atoms with Crippen molar-refractivity contribution < 1.29 is 19.0 Å². The number of benzene rings is 2. The summed E-state index contributed by atoms with van der Waals surface area (Å²) in [6.07, 6.45) is 4.04. The van der Waals surface area contributed by atoms with Gasteiger partial charge in [-0.05, 0) is 24.5 Å². The van der Waals surface area contributed by atoms with Crippen LogP contribution in [0.3, 0.4) is 0 Å². The monoisotopic (exact) mass is 364 g/mol. The zero-order valence-corrected chi connectivity index (χ0v) is 15.5. The third-order valence-electron chi connectivity index (χ3n) is 5.43. The summed E-state index contributed by atoms with van der Waals surface area (Å²) in [5, 5.41) is 0. The number of para-hydroxylation sites is 1. The molecule has 4 rings (SSSR count). The van der Waals surface area contributed by atoms with E-state index in [0.717, 1.165) is 24.8 Å². The van der Waals surface area contributed by atoms with Crippen molar-refractivity contribution >= 4 is 11.4 Å². The molecule has 2 aromatic carbocycles. The number of fused-ring (bicyclic) bond motifs is 1. The Hall–Kier alpha value is -2.59. The SMILES string of the molecule is COc1ccccc1C1=COC2CC(OCc3ccccc3)CCC2C1=O. The quantitative estimate of drug-likeness (QED) is 0.789. The molecule has 4 nitrogen and oxygen atoms in total. The zero-order chi connectivity index (χ0) is 18.6. The van der Waals surface area contributed by atoms with Crippen molar-refractivity contribution in [2.75, 3.05) is 7.11 Å². The van der Waals surface area contributed by atoms with Crippen molar-refractivity contribution in [2.45, 2.75) is 38.1 Å². The zero-order valence-electron chi connectivity index (χ0n) is 15.5.